The Hall–Kier alpha value is -6.44. The first kappa shape index (κ1) is 26.6. The van der Waals surface area contributed by atoms with Gasteiger partial charge in [0.2, 0.25) is 0 Å². The molecule has 0 spiro atoms. The zero-order chi connectivity index (χ0) is 32.1. The van der Waals surface area contributed by atoms with Crippen molar-refractivity contribution in [3.05, 3.63) is 170 Å². The molecule has 11 aromatic rings. The number of hydrogen-bond donors (Lipinski definition) is 0. The van der Waals surface area contributed by atoms with E-state index in [1.165, 1.54) is 81.7 Å². The Kier molecular flexibility index (Phi) is 5.45. The summed E-state index contributed by atoms with van der Waals surface area (Å²) in [5.41, 5.74) is 9.23. The molecule has 0 saturated heterocycles. The van der Waals surface area contributed by atoms with Crippen molar-refractivity contribution in [2.75, 3.05) is 0 Å². The predicted molar refractivity (Wildman–Crippen MR) is 209 cm³/mol. The van der Waals surface area contributed by atoms with Gasteiger partial charge in [0.05, 0.1) is 0 Å². The first-order valence-electron chi connectivity index (χ1n) is 16.9. The zero-order valence-electron chi connectivity index (χ0n) is 26.6. The quantitative estimate of drug-likeness (QED) is 0.141. The third-order valence-corrected chi connectivity index (χ3v) is 10.6. The molecule has 0 aliphatic carbocycles. The van der Waals surface area contributed by atoms with Gasteiger partial charge in [0.1, 0.15) is 11.2 Å². The molecule has 0 amide bonds. The molecule has 1 heteroatoms. The molecule has 0 aliphatic rings. The molecule has 0 saturated carbocycles. The van der Waals surface area contributed by atoms with E-state index in [0.717, 1.165) is 27.5 Å². The predicted octanol–water partition coefficient (Wildman–Crippen LogP) is 13.8. The Labute approximate surface area is 282 Å². The summed E-state index contributed by atoms with van der Waals surface area (Å²) in [5.74, 6) is 0. The molecule has 0 bridgehead atoms. The molecule has 49 heavy (non-hydrogen) atoms. The van der Waals surface area contributed by atoms with E-state index >= 15 is 0 Å². The van der Waals surface area contributed by atoms with Crippen molar-refractivity contribution in [3.8, 4) is 33.4 Å². The van der Waals surface area contributed by atoms with Crippen LogP contribution >= 0.6 is 0 Å². The van der Waals surface area contributed by atoms with Crippen LogP contribution in [0.15, 0.2) is 174 Å². The summed E-state index contributed by atoms with van der Waals surface area (Å²) in [6.07, 6.45) is 0. The molecule has 0 radical (unpaired) electrons. The van der Waals surface area contributed by atoms with Gasteiger partial charge in [-0.15, -0.1) is 0 Å². The second kappa shape index (κ2) is 10.0. The van der Waals surface area contributed by atoms with E-state index in [9.17, 15) is 0 Å². The lowest BCUT2D eigenvalue weighted by Gasteiger charge is -2.20. The van der Waals surface area contributed by atoms with Crippen LogP contribution in [0.4, 0.5) is 0 Å². The minimum Gasteiger partial charge on any atom is -0.456 e. The first-order valence-corrected chi connectivity index (χ1v) is 16.9. The van der Waals surface area contributed by atoms with E-state index in [2.05, 4.69) is 158 Å². The van der Waals surface area contributed by atoms with Crippen molar-refractivity contribution in [2.24, 2.45) is 0 Å². The molecule has 1 nitrogen and oxygen atoms in total. The summed E-state index contributed by atoms with van der Waals surface area (Å²) in [6.45, 7) is 0. The fourth-order valence-electron chi connectivity index (χ4n) is 8.52. The summed E-state index contributed by atoms with van der Waals surface area (Å²) in [5, 5.41) is 15.1. The normalized spacial score (nSPS) is 12.1. The number of rotatable bonds is 3. The second-order valence-corrected chi connectivity index (χ2v) is 13.2. The minimum absolute atomic E-state index is 0.912. The number of hydrogen-bond acceptors (Lipinski definition) is 1. The summed E-state index contributed by atoms with van der Waals surface area (Å²) in [4.78, 5) is 0. The van der Waals surface area contributed by atoms with E-state index < -0.39 is 0 Å². The monoisotopic (exact) mass is 620 g/mol. The molecule has 1 aromatic heterocycles. The van der Waals surface area contributed by atoms with Gasteiger partial charge in [0.25, 0.3) is 0 Å². The number of benzene rings is 10. The molecule has 0 fully saturated rings. The smallest absolute Gasteiger partial charge is 0.136 e. The topological polar surface area (TPSA) is 13.1 Å². The van der Waals surface area contributed by atoms with Crippen LogP contribution in [0, 0.1) is 0 Å². The van der Waals surface area contributed by atoms with Crippen molar-refractivity contribution in [1.29, 1.82) is 0 Å². The molecule has 10 aromatic carbocycles. The molecular formula is C48H28O. The van der Waals surface area contributed by atoms with Crippen molar-refractivity contribution >= 4 is 75.8 Å². The Morgan fingerprint density at radius 1 is 0.286 bits per heavy atom. The first-order chi connectivity index (χ1) is 24.3. The largest absolute Gasteiger partial charge is 0.456 e. The summed E-state index contributed by atoms with van der Waals surface area (Å²) >= 11 is 0. The maximum Gasteiger partial charge on any atom is 0.136 e. The fraction of sp³-hybridized carbons (Fsp3) is 0. The fourth-order valence-corrected chi connectivity index (χ4v) is 8.52. The number of para-hydroxylation sites is 1. The van der Waals surface area contributed by atoms with Gasteiger partial charge in [0, 0.05) is 10.8 Å². The molecule has 1 heterocycles. The van der Waals surface area contributed by atoms with Gasteiger partial charge in [-0.1, -0.05) is 152 Å². The average molecular weight is 621 g/mol. The summed E-state index contributed by atoms with van der Waals surface area (Å²) in [6, 6.07) is 62.2. The van der Waals surface area contributed by atoms with Gasteiger partial charge in [-0.05, 0) is 105 Å². The third-order valence-electron chi connectivity index (χ3n) is 10.6. The van der Waals surface area contributed by atoms with Crippen molar-refractivity contribution in [2.45, 2.75) is 0 Å². The highest BCUT2D eigenvalue weighted by molar-refractivity contribution is 6.27. The molecule has 0 N–H and O–H groups in total. The summed E-state index contributed by atoms with van der Waals surface area (Å²) in [7, 11) is 0. The van der Waals surface area contributed by atoms with Crippen LogP contribution < -0.4 is 0 Å². The van der Waals surface area contributed by atoms with Crippen LogP contribution in [0.5, 0.6) is 0 Å². The zero-order valence-corrected chi connectivity index (χ0v) is 26.6. The lowest BCUT2D eigenvalue weighted by molar-refractivity contribution is 0.669. The molecule has 0 atom stereocenters. The summed E-state index contributed by atoms with van der Waals surface area (Å²) < 4.78 is 6.37. The highest BCUT2D eigenvalue weighted by Crippen LogP contribution is 2.48. The van der Waals surface area contributed by atoms with Crippen molar-refractivity contribution in [3.63, 3.8) is 0 Å². The van der Waals surface area contributed by atoms with Crippen LogP contribution in [0.2, 0.25) is 0 Å². The van der Waals surface area contributed by atoms with E-state index in [-0.39, 0.29) is 0 Å². The Morgan fingerprint density at radius 2 is 0.816 bits per heavy atom. The Balaban J connectivity index is 1.21. The Morgan fingerprint density at radius 3 is 1.55 bits per heavy atom. The number of fused-ring (bicyclic) bond motifs is 5. The van der Waals surface area contributed by atoms with Crippen LogP contribution in [0.25, 0.3) is 109 Å². The SMILES string of the molecule is c1ccc(-c2ccc3ccc4cccc5ccc2c3c45)c(-c2c3ccccc3c(-c3ccc4c(c3)oc3ccccc34)c3ccccc23)c1. The lowest BCUT2D eigenvalue weighted by Crippen LogP contribution is -1.93. The second-order valence-electron chi connectivity index (χ2n) is 13.2. The van der Waals surface area contributed by atoms with Gasteiger partial charge in [-0.3, -0.25) is 0 Å². The standard InChI is InChI=1S/C48H28O/c1-2-14-37(33(12-1)34-25-22-31-21-20-29-10-9-11-30-23-27-42(34)47(31)45(29)30)48-40-17-5-3-15-38(40)46(39-16-4-6-18-41(39)48)32-24-26-36-35-13-7-8-19-43(35)49-44(36)28-32/h1-28H. The highest BCUT2D eigenvalue weighted by Gasteiger charge is 2.21. The maximum absolute atomic E-state index is 6.37. The molecule has 0 aliphatic heterocycles. The maximum atomic E-state index is 6.37. The van der Waals surface area contributed by atoms with Crippen molar-refractivity contribution < 1.29 is 4.42 Å². The minimum atomic E-state index is 0.912. The van der Waals surface area contributed by atoms with E-state index in [1.807, 2.05) is 12.1 Å². The van der Waals surface area contributed by atoms with Crippen molar-refractivity contribution in [1.82, 2.24) is 0 Å². The molecule has 226 valence electrons. The molecule has 0 unspecified atom stereocenters. The average Bonchev–Trinajstić information content (AvgIpc) is 3.54. The molecular weight excluding hydrogens is 593 g/mol. The lowest BCUT2D eigenvalue weighted by atomic mass is 9.82. The Bertz CT molecular complexity index is 3030. The van der Waals surface area contributed by atoms with Crippen LogP contribution in [0.3, 0.4) is 0 Å². The van der Waals surface area contributed by atoms with E-state index in [0.29, 0.717) is 0 Å². The van der Waals surface area contributed by atoms with Crippen LogP contribution in [0.1, 0.15) is 0 Å². The van der Waals surface area contributed by atoms with Gasteiger partial charge in [-0.25, -0.2) is 0 Å². The van der Waals surface area contributed by atoms with E-state index in [1.54, 1.807) is 0 Å². The highest BCUT2D eigenvalue weighted by atomic mass is 16.3. The van der Waals surface area contributed by atoms with Gasteiger partial charge in [0.15, 0.2) is 0 Å². The van der Waals surface area contributed by atoms with Crippen LogP contribution in [-0.2, 0) is 0 Å². The third kappa shape index (κ3) is 3.76. The van der Waals surface area contributed by atoms with Gasteiger partial charge < -0.3 is 4.42 Å². The van der Waals surface area contributed by atoms with Gasteiger partial charge in [-0.2, -0.15) is 0 Å². The van der Waals surface area contributed by atoms with Gasteiger partial charge >= 0.3 is 0 Å². The van der Waals surface area contributed by atoms with E-state index in [4.69, 9.17) is 4.42 Å². The number of furan rings is 1. The molecule has 11 rings (SSSR count). The van der Waals surface area contributed by atoms with Crippen LogP contribution in [-0.4, -0.2) is 0 Å².